The molecule has 6 heteroatoms. The quantitative estimate of drug-likeness (QED) is 0.734. The van der Waals surface area contributed by atoms with Crippen molar-refractivity contribution in [2.45, 2.75) is 0 Å². The van der Waals surface area contributed by atoms with Gasteiger partial charge in [-0.15, -0.1) is 0 Å². The van der Waals surface area contributed by atoms with E-state index in [0.717, 1.165) is 10.9 Å². The minimum Gasteiger partial charge on any atom is -0.478 e. The van der Waals surface area contributed by atoms with Crippen molar-refractivity contribution in [3.8, 4) is 5.69 Å². The highest BCUT2D eigenvalue weighted by Gasteiger charge is 2.09. The summed E-state index contributed by atoms with van der Waals surface area (Å²) in [5.41, 5.74) is 1.58. The number of nitrogens with zero attached hydrogens (tertiary/aromatic N) is 4. The highest BCUT2D eigenvalue weighted by atomic mass is 16.4. The summed E-state index contributed by atoms with van der Waals surface area (Å²) in [6.45, 7) is 0. The van der Waals surface area contributed by atoms with E-state index in [0.29, 0.717) is 5.69 Å². The van der Waals surface area contributed by atoms with Crippen molar-refractivity contribution in [1.29, 1.82) is 0 Å². The van der Waals surface area contributed by atoms with Crippen molar-refractivity contribution >= 4 is 16.9 Å². The number of hydrogen-bond donors (Lipinski definition) is 1. The van der Waals surface area contributed by atoms with Gasteiger partial charge in [0.1, 0.15) is 0 Å². The number of aromatic nitrogens is 4. The zero-order valence-corrected chi connectivity index (χ0v) is 9.19. The maximum atomic E-state index is 10.8. The van der Waals surface area contributed by atoms with Crippen molar-refractivity contribution in [1.82, 2.24) is 20.0 Å². The Bertz CT molecular complexity index is 730. The Hall–Kier alpha value is -2.76. The summed E-state index contributed by atoms with van der Waals surface area (Å²) >= 11 is 0. The summed E-state index contributed by atoms with van der Waals surface area (Å²) in [6, 6.07) is 7.48. The summed E-state index contributed by atoms with van der Waals surface area (Å²) < 4.78 is 1.49. The van der Waals surface area contributed by atoms with Crippen LogP contribution in [0.5, 0.6) is 0 Å². The van der Waals surface area contributed by atoms with Crippen LogP contribution < -0.4 is 0 Å². The van der Waals surface area contributed by atoms with E-state index < -0.39 is 5.97 Å². The lowest BCUT2D eigenvalue weighted by Crippen LogP contribution is -1.98. The van der Waals surface area contributed by atoms with Gasteiger partial charge in [-0.05, 0) is 6.07 Å². The van der Waals surface area contributed by atoms with Crippen LogP contribution >= 0.6 is 0 Å². The molecule has 3 aromatic rings. The zero-order valence-electron chi connectivity index (χ0n) is 9.19. The van der Waals surface area contributed by atoms with Crippen molar-refractivity contribution in [3.05, 3.63) is 48.4 Å². The maximum absolute atomic E-state index is 10.8. The molecule has 0 aliphatic heterocycles. The van der Waals surface area contributed by atoms with Crippen LogP contribution in [0.4, 0.5) is 0 Å². The zero-order chi connectivity index (χ0) is 12.5. The lowest BCUT2D eigenvalue weighted by Gasteiger charge is -2.03. The van der Waals surface area contributed by atoms with Crippen LogP contribution in [0.3, 0.4) is 0 Å². The largest absolute Gasteiger partial charge is 0.478 e. The second kappa shape index (κ2) is 3.92. The van der Waals surface area contributed by atoms with Crippen molar-refractivity contribution in [3.63, 3.8) is 0 Å². The van der Waals surface area contributed by atoms with Crippen molar-refractivity contribution in [2.24, 2.45) is 0 Å². The second-order valence-electron chi connectivity index (χ2n) is 3.73. The van der Waals surface area contributed by atoms with Crippen molar-refractivity contribution in [2.75, 3.05) is 0 Å². The van der Waals surface area contributed by atoms with Gasteiger partial charge in [0.05, 0.1) is 29.2 Å². The van der Waals surface area contributed by atoms with Gasteiger partial charge >= 0.3 is 5.97 Å². The maximum Gasteiger partial charge on any atom is 0.338 e. The third-order valence-electron chi connectivity index (χ3n) is 2.60. The van der Waals surface area contributed by atoms with Crippen LogP contribution in [-0.2, 0) is 0 Å². The van der Waals surface area contributed by atoms with E-state index in [-0.39, 0.29) is 5.56 Å². The molecule has 6 nitrogen and oxygen atoms in total. The number of rotatable bonds is 2. The molecule has 0 saturated carbocycles. The molecule has 88 valence electrons. The monoisotopic (exact) mass is 240 g/mol. The molecule has 1 aromatic carbocycles. The first-order chi connectivity index (χ1) is 8.75. The first-order valence-corrected chi connectivity index (χ1v) is 5.24. The number of carbonyl (C=O) groups is 1. The van der Waals surface area contributed by atoms with Crippen LogP contribution in [0.15, 0.2) is 42.9 Å². The molecule has 18 heavy (non-hydrogen) atoms. The van der Waals surface area contributed by atoms with Gasteiger partial charge in [-0.1, -0.05) is 18.2 Å². The van der Waals surface area contributed by atoms with E-state index in [9.17, 15) is 4.79 Å². The molecule has 0 fully saturated rings. The van der Waals surface area contributed by atoms with E-state index in [1.165, 1.54) is 17.1 Å². The Morgan fingerprint density at radius 2 is 2.06 bits per heavy atom. The fraction of sp³-hybridized carbons (Fsp3) is 0. The lowest BCUT2D eigenvalue weighted by atomic mass is 10.2. The topological polar surface area (TPSA) is 80.9 Å². The van der Waals surface area contributed by atoms with Crippen LogP contribution in [0.25, 0.3) is 16.6 Å². The molecule has 2 aromatic heterocycles. The molecule has 0 unspecified atom stereocenters. The normalized spacial score (nSPS) is 10.7. The number of carboxylic acids is 1. The fourth-order valence-electron chi connectivity index (χ4n) is 1.74. The Morgan fingerprint density at radius 1 is 1.22 bits per heavy atom. The van der Waals surface area contributed by atoms with Crippen LogP contribution in [0, 0.1) is 0 Å². The average molecular weight is 240 g/mol. The van der Waals surface area contributed by atoms with E-state index in [1.807, 2.05) is 24.3 Å². The molecule has 0 aliphatic rings. The van der Waals surface area contributed by atoms with Gasteiger partial charge < -0.3 is 5.11 Å². The summed E-state index contributed by atoms with van der Waals surface area (Å²) in [5, 5.41) is 21.7. The lowest BCUT2D eigenvalue weighted by molar-refractivity contribution is 0.0697. The first kappa shape index (κ1) is 10.4. The van der Waals surface area contributed by atoms with Gasteiger partial charge in [0, 0.05) is 11.6 Å². The second-order valence-corrected chi connectivity index (χ2v) is 3.73. The molecular weight excluding hydrogens is 232 g/mol. The van der Waals surface area contributed by atoms with E-state index in [2.05, 4.69) is 15.3 Å². The summed E-state index contributed by atoms with van der Waals surface area (Å²) in [7, 11) is 0. The molecule has 0 radical (unpaired) electrons. The minimum absolute atomic E-state index is 0.135. The summed E-state index contributed by atoms with van der Waals surface area (Å²) in [4.78, 5) is 10.8. The number of carboxylic acid groups (broad SMARTS) is 1. The third kappa shape index (κ3) is 1.60. The fourth-order valence-corrected chi connectivity index (χ4v) is 1.74. The summed E-state index contributed by atoms with van der Waals surface area (Å²) in [5.74, 6) is -1.01. The smallest absolute Gasteiger partial charge is 0.338 e. The number of hydrogen-bond acceptors (Lipinski definition) is 4. The first-order valence-electron chi connectivity index (χ1n) is 5.24. The van der Waals surface area contributed by atoms with Gasteiger partial charge in [0.2, 0.25) is 0 Å². The Labute approximate surface area is 102 Å². The van der Waals surface area contributed by atoms with Gasteiger partial charge in [-0.2, -0.15) is 15.3 Å². The third-order valence-corrected chi connectivity index (χ3v) is 2.60. The molecule has 0 atom stereocenters. The molecule has 2 heterocycles. The van der Waals surface area contributed by atoms with Gasteiger partial charge in [0.15, 0.2) is 0 Å². The minimum atomic E-state index is -1.01. The SMILES string of the molecule is O=C(O)c1cnn(-c2cnnc3ccccc23)c1. The average Bonchev–Trinajstić information content (AvgIpc) is 2.87. The Balaban J connectivity index is 2.21. The van der Waals surface area contributed by atoms with Gasteiger partial charge in [-0.3, -0.25) is 0 Å². The molecule has 0 spiro atoms. The number of fused-ring (bicyclic) bond motifs is 1. The van der Waals surface area contributed by atoms with Crippen LogP contribution in [-0.4, -0.2) is 31.1 Å². The Kier molecular flexibility index (Phi) is 2.26. The van der Waals surface area contributed by atoms with Crippen LogP contribution in [0.2, 0.25) is 0 Å². The highest BCUT2D eigenvalue weighted by Crippen LogP contribution is 2.18. The Morgan fingerprint density at radius 3 is 2.83 bits per heavy atom. The predicted molar refractivity (Wildman–Crippen MR) is 63.6 cm³/mol. The molecule has 0 amide bonds. The molecule has 0 bridgehead atoms. The summed E-state index contributed by atoms with van der Waals surface area (Å²) in [6.07, 6.45) is 4.31. The molecule has 3 rings (SSSR count). The number of aromatic carboxylic acids is 1. The van der Waals surface area contributed by atoms with E-state index in [4.69, 9.17) is 5.11 Å². The molecular formula is C12H8N4O2. The van der Waals surface area contributed by atoms with E-state index in [1.54, 1.807) is 6.20 Å². The van der Waals surface area contributed by atoms with Gasteiger partial charge in [-0.25, -0.2) is 9.48 Å². The molecule has 0 saturated heterocycles. The number of benzene rings is 1. The van der Waals surface area contributed by atoms with Gasteiger partial charge in [0.25, 0.3) is 0 Å². The molecule has 1 N–H and O–H groups in total. The molecule has 0 aliphatic carbocycles. The van der Waals surface area contributed by atoms with Crippen LogP contribution in [0.1, 0.15) is 10.4 Å². The standard InChI is InChI=1S/C12H8N4O2/c17-12(18)8-5-14-16(7-8)11-6-13-15-10-4-2-1-3-9(10)11/h1-7H,(H,17,18). The van der Waals surface area contributed by atoms with Crippen molar-refractivity contribution < 1.29 is 9.90 Å². The van der Waals surface area contributed by atoms with E-state index >= 15 is 0 Å². The highest BCUT2D eigenvalue weighted by molar-refractivity contribution is 5.88. The predicted octanol–water partition coefficient (Wildman–Crippen LogP) is 1.51.